The summed E-state index contributed by atoms with van der Waals surface area (Å²) in [5, 5.41) is 0. The van der Waals surface area contributed by atoms with Crippen molar-refractivity contribution >= 4 is 15.0 Å². The van der Waals surface area contributed by atoms with Gasteiger partial charge in [-0.1, -0.05) is 235 Å². The van der Waals surface area contributed by atoms with E-state index in [2.05, 4.69) is 28.0 Å². The third kappa shape index (κ3) is 14.2. The number of hydrogen-bond donors (Lipinski definition) is 0. The minimum absolute atomic E-state index is 0.693. The van der Waals surface area contributed by atoms with Gasteiger partial charge >= 0.3 is 15.0 Å². The maximum Gasteiger partial charge on any atom is 0.433 e. The highest BCUT2D eigenvalue weighted by Gasteiger charge is 2.68. The second-order valence-electron chi connectivity index (χ2n) is 30.9. The van der Waals surface area contributed by atoms with Crippen LogP contribution in [-0.2, 0) is 0 Å². The molecule has 12 fully saturated rings. The largest absolute Gasteiger partial charge is 0.433 e. The molecule has 0 N–H and O–H groups in total. The maximum absolute atomic E-state index is 8.82. The zero-order valence-electron chi connectivity index (χ0n) is 53.4. The zero-order chi connectivity index (χ0) is 54.5. The van der Waals surface area contributed by atoms with Gasteiger partial charge in [-0.2, -0.15) is 28.0 Å². The Labute approximate surface area is 502 Å². The van der Waals surface area contributed by atoms with Crippen LogP contribution >= 0.6 is 15.0 Å². The van der Waals surface area contributed by atoms with E-state index in [1.54, 1.807) is 0 Å². The predicted octanol–water partition coefficient (Wildman–Crippen LogP) is 21.8. The SMILES string of the molecule is C1CCC(N(C2CCCCC2)P(=[N+]=P(N(C2CCCCC2)C2CCCCC2)(N(C2CCCCC2)C2CCCCC2)N(C2CCCCC2)C2CCCCC2)(N(C2CCCCC2)C2CCCCC2)N(C2CCCCC2)C2CCCCC2)CC1. The minimum atomic E-state index is -2.78. The Bertz CT molecular complexity index is 1470. The summed E-state index contributed by atoms with van der Waals surface area (Å²) < 4.78 is 31.8. The monoisotopic (exact) mass is 1160 g/mol. The van der Waals surface area contributed by atoms with Crippen LogP contribution in [-0.4, -0.2) is 101 Å². The molecule has 0 unspecified atom stereocenters. The van der Waals surface area contributed by atoms with Crippen LogP contribution in [0.2, 0.25) is 0 Å². The van der Waals surface area contributed by atoms with Crippen LogP contribution in [0.3, 0.4) is 0 Å². The first-order valence-electron chi connectivity index (χ1n) is 38.5. The smallest absolute Gasteiger partial charge is 0.190 e. The second kappa shape index (κ2) is 31.2. The summed E-state index contributed by atoms with van der Waals surface area (Å²) >= 11 is 0. The normalized spacial score (nSPS) is 29.0. The van der Waals surface area contributed by atoms with Gasteiger partial charge in [-0.05, 0) is 154 Å². The lowest BCUT2D eigenvalue weighted by atomic mass is 9.90. The van der Waals surface area contributed by atoms with Crippen LogP contribution in [0.4, 0.5) is 0 Å². The van der Waals surface area contributed by atoms with E-state index in [9.17, 15) is 0 Å². The van der Waals surface area contributed by atoms with Gasteiger partial charge in [-0.3, -0.25) is 0 Å². The molecule has 12 aliphatic rings. The molecule has 12 rings (SSSR count). The van der Waals surface area contributed by atoms with Crippen LogP contribution in [0.15, 0.2) is 0 Å². The first-order chi connectivity index (χ1) is 40.2. The van der Waals surface area contributed by atoms with Crippen molar-refractivity contribution in [2.75, 3.05) is 0 Å². The van der Waals surface area contributed by atoms with E-state index in [0.29, 0.717) is 72.5 Å². The van der Waals surface area contributed by atoms with Crippen LogP contribution < -0.4 is 4.17 Å². The molecule has 464 valence electrons. The van der Waals surface area contributed by atoms with Gasteiger partial charge in [0.25, 0.3) is 0 Å². The Hall–Kier alpha value is 0.330. The van der Waals surface area contributed by atoms with E-state index in [4.69, 9.17) is 4.17 Å². The highest BCUT2D eigenvalue weighted by molar-refractivity contribution is 7.66. The van der Waals surface area contributed by atoms with Crippen molar-refractivity contribution < 1.29 is 0 Å². The van der Waals surface area contributed by atoms with Crippen molar-refractivity contribution in [1.82, 2.24) is 32.2 Å². The maximum atomic E-state index is 8.82. The van der Waals surface area contributed by atoms with E-state index in [0.717, 1.165) is 0 Å². The standard InChI is InChI=1S/C72H132N7P2/c1-13-37-61(38-14-1)74(62-39-15-2-16-40-62)80(75(63-41-17-3-18-42-63)64-43-19-4-20-44-64,76(65-45-21-5-22-46-65)66-47-23-6-24-48-66)73-81(77(67-49-25-7-26-50-67)68-51-27-8-28-52-68,78(69-53-29-9-30-54-69)70-55-31-10-32-56-70)79(71-57-33-11-34-58-71)72-59-35-12-36-60-72/h61-72H,1-60H2/q+1. The van der Waals surface area contributed by atoms with E-state index in [1.165, 1.54) is 385 Å². The number of nitrogens with zero attached hydrogens (tertiary/aromatic N) is 7. The molecule has 0 atom stereocenters. The molecular formula is C72H132N7P2+. The first-order valence-corrected chi connectivity index (χ1v) is 41.7. The van der Waals surface area contributed by atoms with Crippen molar-refractivity contribution in [2.45, 2.75) is 458 Å². The molecule has 0 radical (unpaired) electrons. The van der Waals surface area contributed by atoms with Gasteiger partial charge in [0.15, 0.2) is 0 Å². The van der Waals surface area contributed by atoms with Gasteiger partial charge in [0, 0.05) is 72.5 Å². The topological polar surface area (TPSA) is 33.5 Å². The quantitative estimate of drug-likeness (QED) is 0.100. The van der Waals surface area contributed by atoms with E-state index >= 15 is 0 Å². The fourth-order valence-corrected chi connectivity index (χ4v) is 34.7. The molecular weight excluding hydrogens is 1020 g/mol. The minimum Gasteiger partial charge on any atom is -0.190 e. The summed E-state index contributed by atoms with van der Waals surface area (Å²) in [6.45, 7) is 0. The van der Waals surface area contributed by atoms with Gasteiger partial charge in [-0.25, -0.2) is 0 Å². The zero-order valence-corrected chi connectivity index (χ0v) is 55.2. The summed E-state index contributed by atoms with van der Waals surface area (Å²) in [6.07, 6.45) is 88.1. The van der Waals surface area contributed by atoms with Crippen LogP contribution in [0.1, 0.15) is 385 Å². The molecule has 12 saturated carbocycles. The highest BCUT2D eigenvalue weighted by Crippen LogP contribution is 2.74. The summed E-state index contributed by atoms with van der Waals surface area (Å²) in [5.41, 5.74) is 0. The molecule has 0 aromatic carbocycles. The third-order valence-corrected chi connectivity index (χ3v) is 35.0. The third-order valence-electron chi connectivity index (χ3n) is 25.5. The lowest BCUT2D eigenvalue weighted by Gasteiger charge is -2.58. The van der Waals surface area contributed by atoms with E-state index in [-0.39, 0.29) is 0 Å². The van der Waals surface area contributed by atoms with Crippen molar-refractivity contribution in [1.29, 1.82) is 0 Å². The lowest BCUT2D eigenvalue weighted by molar-refractivity contribution is 0.0770. The molecule has 0 saturated heterocycles. The summed E-state index contributed by atoms with van der Waals surface area (Å²) in [5.74, 6) is 0. The van der Waals surface area contributed by atoms with Crippen molar-refractivity contribution in [3.63, 3.8) is 0 Å². The molecule has 0 heterocycles. The fourth-order valence-electron chi connectivity index (χ4n) is 21.7. The predicted molar refractivity (Wildman–Crippen MR) is 349 cm³/mol. The van der Waals surface area contributed by atoms with Gasteiger partial charge in [-0.15, -0.1) is 0 Å². The first kappa shape index (κ1) is 61.6. The Morgan fingerprint density at radius 2 is 0.222 bits per heavy atom. The highest BCUT2D eigenvalue weighted by atomic mass is 31.2. The van der Waals surface area contributed by atoms with Gasteiger partial charge in [0.1, 0.15) is 0 Å². The number of hydrogen-bond acceptors (Lipinski definition) is 0. The Morgan fingerprint density at radius 3 is 0.309 bits per heavy atom. The van der Waals surface area contributed by atoms with Crippen molar-refractivity contribution in [2.24, 2.45) is 0 Å². The van der Waals surface area contributed by atoms with Gasteiger partial charge < -0.3 is 0 Å². The van der Waals surface area contributed by atoms with Crippen LogP contribution in [0.25, 0.3) is 0 Å². The molecule has 12 aliphatic carbocycles. The average Bonchev–Trinajstić information content (AvgIpc) is 3.72. The molecule has 0 aromatic rings. The summed E-state index contributed by atoms with van der Waals surface area (Å²) in [4.78, 5) is 0. The van der Waals surface area contributed by atoms with Gasteiger partial charge in [0.05, 0.1) is 0 Å². The van der Waals surface area contributed by atoms with Gasteiger partial charge in [0.2, 0.25) is 0 Å². The van der Waals surface area contributed by atoms with Crippen molar-refractivity contribution in [3.05, 3.63) is 0 Å². The van der Waals surface area contributed by atoms with Crippen LogP contribution in [0, 0.1) is 0 Å². The molecule has 9 heteroatoms. The number of rotatable bonds is 18. The molecule has 7 nitrogen and oxygen atoms in total. The summed E-state index contributed by atoms with van der Waals surface area (Å²) in [6, 6.07) is 8.32. The van der Waals surface area contributed by atoms with Crippen LogP contribution in [0.5, 0.6) is 0 Å². The average molecular weight is 1160 g/mol. The Morgan fingerprint density at radius 1 is 0.136 bits per heavy atom. The molecule has 0 aliphatic heterocycles. The molecule has 0 amide bonds. The van der Waals surface area contributed by atoms with E-state index < -0.39 is 15.0 Å². The fraction of sp³-hybridized carbons (Fsp3) is 1.00. The molecule has 0 bridgehead atoms. The lowest BCUT2D eigenvalue weighted by Crippen LogP contribution is -2.62. The molecule has 81 heavy (non-hydrogen) atoms. The summed E-state index contributed by atoms with van der Waals surface area (Å²) in [7, 11) is -5.56. The van der Waals surface area contributed by atoms with E-state index in [1.807, 2.05) is 0 Å². The second-order valence-corrected chi connectivity index (χ2v) is 36.6. The molecule has 0 spiro atoms. The van der Waals surface area contributed by atoms with Crippen molar-refractivity contribution in [3.8, 4) is 0 Å². The Kier molecular flexibility index (Phi) is 23.7. The Balaban J connectivity index is 1.37. The molecule has 0 aromatic heterocycles.